The molecular weight excluding hydrogens is 418 g/mol. The van der Waals surface area contributed by atoms with E-state index in [1.165, 1.54) is 11.3 Å². The molecule has 1 aliphatic rings. The van der Waals surface area contributed by atoms with Gasteiger partial charge in [-0.3, -0.25) is 9.36 Å². The molecule has 1 aromatic heterocycles. The lowest BCUT2D eigenvalue weighted by molar-refractivity contribution is 0.324. The van der Waals surface area contributed by atoms with E-state index in [4.69, 9.17) is 18.9 Å². The first-order valence-corrected chi connectivity index (χ1v) is 10.3. The first-order chi connectivity index (χ1) is 15.1. The van der Waals surface area contributed by atoms with E-state index in [1.807, 2.05) is 47.4 Å². The molecule has 162 valence electrons. The summed E-state index contributed by atoms with van der Waals surface area (Å²) in [6, 6.07) is 11.3. The van der Waals surface area contributed by atoms with Crippen molar-refractivity contribution in [2.75, 3.05) is 40.0 Å². The molecule has 9 heteroatoms. The molecule has 0 unspecified atom stereocenters. The zero-order chi connectivity index (χ0) is 22.0. The monoisotopic (exact) mass is 441 g/mol. The maximum absolute atomic E-state index is 13.1. The van der Waals surface area contributed by atoms with Crippen molar-refractivity contribution in [1.29, 1.82) is 0 Å². The van der Waals surface area contributed by atoms with Crippen LogP contribution in [0.15, 0.2) is 46.2 Å². The highest BCUT2D eigenvalue weighted by atomic mass is 32.1. The Morgan fingerprint density at radius 2 is 1.65 bits per heavy atom. The highest BCUT2D eigenvalue weighted by molar-refractivity contribution is 7.07. The number of fused-ring (bicyclic) bond motifs is 1. The lowest BCUT2D eigenvalue weighted by Gasteiger charge is -2.25. The zero-order valence-corrected chi connectivity index (χ0v) is 18.6. The van der Waals surface area contributed by atoms with Gasteiger partial charge in [0.05, 0.1) is 33.0 Å². The van der Waals surface area contributed by atoms with E-state index >= 15 is 0 Å². The van der Waals surface area contributed by atoms with Crippen LogP contribution in [0.25, 0.3) is 6.08 Å². The van der Waals surface area contributed by atoms with Crippen molar-refractivity contribution in [3.63, 3.8) is 0 Å². The maximum atomic E-state index is 13.1. The molecule has 0 atom stereocenters. The van der Waals surface area contributed by atoms with Crippen LogP contribution in [-0.2, 0) is 6.67 Å². The third-order valence-corrected chi connectivity index (χ3v) is 6.04. The molecule has 4 rings (SSSR count). The molecule has 0 saturated carbocycles. The minimum atomic E-state index is -0.0873. The van der Waals surface area contributed by atoms with Gasteiger partial charge in [0.15, 0.2) is 16.3 Å². The van der Waals surface area contributed by atoms with Crippen molar-refractivity contribution in [3.8, 4) is 23.0 Å². The van der Waals surface area contributed by atoms with Crippen molar-refractivity contribution in [1.82, 2.24) is 4.57 Å². The van der Waals surface area contributed by atoms with Crippen LogP contribution < -0.4 is 38.7 Å². The summed E-state index contributed by atoms with van der Waals surface area (Å²) in [5, 5.41) is 0. The number of methoxy groups -OCH3 is 4. The van der Waals surface area contributed by atoms with Gasteiger partial charge in [-0.05, 0) is 48.0 Å². The molecule has 2 aromatic carbocycles. The Hall–Kier alpha value is -3.46. The quantitative estimate of drug-likeness (QED) is 0.581. The van der Waals surface area contributed by atoms with Gasteiger partial charge in [-0.1, -0.05) is 11.3 Å². The molecule has 1 aliphatic heterocycles. The van der Waals surface area contributed by atoms with Gasteiger partial charge < -0.3 is 23.8 Å². The third kappa shape index (κ3) is 3.96. The lowest BCUT2D eigenvalue weighted by Crippen LogP contribution is -2.42. The predicted octanol–water partition coefficient (Wildman–Crippen LogP) is 1.83. The average molecular weight is 442 g/mol. The second-order valence-corrected chi connectivity index (χ2v) is 7.77. The van der Waals surface area contributed by atoms with Crippen LogP contribution in [0.1, 0.15) is 5.56 Å². The Morgan fingerprint density at radius 3 is 2.23 bits per heavy atom. The molecule has 8 nitrogen and oxygen atoms in total. The van der Waals surface area contributed by atoms with Gasteiger partial charge in [-0.25, -0.2) is 4.99 Å². The van der Waals surface area contributed by atoms with Crippen LogP contribution in [0.4, 0.5) is 5.69 Å². The standard InChI is InChI=1S/C22H23N3O5S/c1-27-16-7-5-15(6-8-16)24-12-23-22-25(13-24)21(26)19(31-22)11-14-9-17(28-2)20(30-4)18(10-14)29-3/h5-11H,12-13H2,1-4H3. The van der Waals surface area contributed by atoms with Gasteiger partial charge in [0.2, 0.25) is 5.75 Å². The third-order valence-electron chi connectivity index (χ3n) is 5.00. The normalized spacial score (nSPS) is 13.4. The van der Waals surface area contributed by atoms with E-state index in [2.05, 4.69) is 4.99 Å². The number of thiazole rings is 1. The maximum Gasteiger partial charge on any atom is 0.271 e. The topological polar surface area (TPSA) is 74.5 Å². The molecule has 0 radical (unpaired) electrons. The van der Waals surface area contributed by atoms with Crippen LogP contribution in [0, 0.1) is 0 Å². The number of rotatable bonds is 6. The summed E-state index contributed by atoms with van der Waals surface area (Å²) < 4.78 is 23.7. The summed E-state index contributed by atoms with van der Waals surface area (Å²) in [5.74, 6) is 2.36. The van der Waals surface area contributed by atoms with Gasteiger partial charge in [0.25, 0.3) is 5.56 Å². The molecule has 31 heavy (non-hydrogen) atoms. The smallest absolute Gasteiger partial charge is 0.271 e. The van der Waals surface area contributed by atoms with Crippen molar-refractivity contribution in [2.24, 2.45) is 4.99 Å². The van der Waals surface area contributed by atoms with Crippen LogP contribution >= 0.6 is 11.3 Å². The van der Waals surface area contributed by atoms with Gasteiger partial charge in [-0.15, -0.1) is 0 Å². The largest absolute Gasteiger partial charge is 0.497 e. The number of nitrogens with zero attached hydrogens (tertiary/aromatic N) is 3. The van der Waals surface area contributed by atoms with E-state index < -0.39 is 0 Å². The van der Waals surface area contributed by atoms with Crippen molar-refractivity contribution in [2.45, 2.75) is 6.67 Å². The number of hydrogen-bond donors (Lipinski definition) is 0. The number of hydrogen-bond acceptors (Lipinski definition) is 8. The van der Waals surface area contributed by atoms with Crippen LogP contribution in [-0.4, -0.2) is 39.7 Å². The number of benzene rings is 2. The Bertz CT molecular complexity index is 1240. The Labute approximate surface area is 183 Å². The highest BCUT2D eigenvalue weighted by Gasteiger charge is 2.17. The Kier molecular flexibility index (Phi) is 5.85. The summed E-state index contributed by atoms with van der Waals surface area (Å²) >= 11 is 1.37. The average Bonchev–Trinajstić information content (AvgIpc) is 3.12. The molecule has 0 aliphatic carbocycles. The molecule has 2 heterocycles. The second kappa shape index (κ2) is 8.73. The minimum absolute atomic E-state index is 0.0873. The number of aromatic nitrogens is 1. The molecule has 0 fully saturated rings. The van der Waals surface area contributed by atoms with E-state index in [1.54, 1.807) is 33.0 Å². The fraction of sp³-hybridized carbons (Fsp3) is 0.273. The van der Waals surface area contributed by atoms with Crippen molar-refractivity contribution >= 4 is 23.1 Å². The van der Waals surface area contributed by atoms with Gasteiger partial charge >= 0.3 is 0 Å². The van der Waals surface area contributed by atoms with Crippen LogP contribution in [0.3, 0.4) is 0 Å². The predicted molar refractivity (Wildman–Crippen MR) is 119 cm³/mol. The molecule has 0 bridgehead atoms. The van der Waals surface area contributed by atoms with Crippen LogP contribution in [0.5, 0.6) is 23.0 Å². The molecule has 0 saturated heterocycles. The molecule has 3 aromatic rings. The molecule has 0 amide bonds. The summed E-state index contributed by atoms with van der Waals surface area (Å²) in [7, 11) is 6.31. The fourth-order valence-electron chi connectivity index (χ4n) is 3.40. The first kappa shape index (κ1) is 20.8. The molecule has 0 spiro atoms. The van der Waals surface area contributed by atoms with E-state index in [9.17, 15) is 4.79 Å². The lowest BCUT2D eigenvalue weighted by atomic mass is 10.1. The number of ether oxygens (including phenoxy) is 4. The fourth-order valence-corrected chi connectivity index (χ4v) is 4.37. The van der Waals surface area contributed by atoms with Gasteiger partial charge in [0, 0.05) is 5.69 Å². The van der Waals surface area contributed by atoms with Crippen molar-refractivity contribution in [3.05, 3.63) is 61.6 Å². The Balaban J connectivity index is 1.70. The van der Waals surface area contributed by atoms with E-state index in [0.717, 1.165) is 17.0 Å². The van der Waals surface area contributed by atoms with E-state index in [-0.39, 0.29) is 5.56 Å². The zero-order valence-electron chi connectivity index (χ0n) is 17.7. The molecular formula is C22H23N3O5S. The molecule has 0 N–H and O–H groups in total. The Morgan fingerprint density at radius 1 is 0.968 bits per heavy atom. The van der Waals surface area contributed by atoms with Gasteiger partial charge in [0.1, 0.15) is 19.1 Å². The van der Waals surface area contributed by atoms with Crippen LogP contribution in [0.2, 0.25) is 0 Å². The number of anilines is 1. The summed E-state index contributed by atoms with van der Waals surface area (Å²) in [6.45, 7) is 0.916. The highest BCUT2D eigenvalue weighted by Crippen LogP contribution is 2.38. The second-order valence-electron chi connectivity index (χ2n) is 6.76. The van der Waals surface area contributed by atoms with Crippen molar-refractivity contribution < 1.29 is 18.9 Å². The summed E-state index contributed by atoms with van der Waals surface area (Å²) in [4.78, 5) is 20.4. The van der Waals surface area contributed by atoms with Gasteiger partial charge in [-0.2, -0.15) is 0 Å². The first-order valence-electron chi connectivity index (χ1n) is 9.52. The van der Waals surface area contributed by atoms with E-state index in [0.29, 0.717) is 39.9 Å². The summed E-state index contributed by atoms with van der Waals surface area (Å²) in [6.07, 6.45) is 1.82. The minimum Gasteiger partial charge on any atom is -0.497 e. The SMILES string of the molecule is COc1ccc(N2CN=c3sc(=Cc4cc(OC)c(OC)c(OC)c4)c(=O)n3C2)cc1. The summed E-state index contributed by atoms with van der Waals surface area (Å²) in [5.41, 5.74) is 1.66.